The van der Waals surface area contributed by atoms with Crippen LogP contribution in [0.2, 0.25) is 0 Å². The van der Waals surface area contributed by atoms with Crippen LogP contribution in [-0.2, 0) is 0 Å². The molecule has 168 valence electrons. The zero-order valence-corrected chi connectivity index (χ0v) is 19.5. The van der Waals surface area contributed by atoms with Gasteiger partial charge in [0.15, 0.2) is 0 Å². The Morgan fingerprint density at radius 1 is 0.939 bits per heavy atom. The van der Waals surface area contributed by atoms with E-state index in [4.69, 9.17) is 5.10 Å². The van der Waals surface area contributed by atoms with Gasteiger partial charge in [0.1, 0.15) is 17.2 Å². The lowest BCUT2D eigenvalue weighted by Crippen LogP contribution is -2.49. The molecule has 0 saturated carbocycles. The molecule has 33 heavy (non-hydrogen) atoms. The Morgan fingerprint density at radius 2 is 1.73 bits per heavy atom. The van der Waals surface area contributed by atoms with Crippen molar-refractivity contribution in [1.82, 2.24) is 14.7 Å². The first kappa shape index (κ1) is 21.4. The van der Waals surface area contributed by atoms with Crippen LogP contribution in [0.15, 0.2) is 66.0 Å². The molecule has 0 N–H and O–H groups in total. The molecule has 0 atom stereocenters. The number of carbonyl (C=O) groups is 1. The number of aromatic nitrogens is 2. The van der Waals surface area contributed by atoms with Crippen LogP contribution in [0.5, 0.6) is 0 Å². The predicted molar refractivity (Wildman–Crippen MR) is 131 cm³/mol. The van der Waals surface area contributed by atoms with Crippen LogP contribution in [0.25, 0.3) is 16.3 Å². The third-order valence-corrected chi connectivity index (χ3v) is 6.95. The number of piperazine rings is 1. The van der Waals surface area contributed by atoms with Crippen molar-refractivity contribution in [3.63, 3.8) is 0 Å². The highest BCUT2D eigenvalue weighted by molar-refractivity contribution is 7.13. The van der Waals surface area contributed by atoms with Crippen LogP contribution in [0, 0.1) is 19.7 Å². The van der Waals surface area contributed by atoms with E-state index in [0.29, 0.717) is 37.6 Å². The zero-order chi connectivity index (χ0) is 22.9. The molecule has 2 aromatic carbocycles. The summed E-state index contributed by atoms with van der Waals surface area (Å²) in [5.41, 5.74) is 5.00. The van der Waals surface area contributed by atoms with Gasteiger partial charge in [-0.15, -0.1) is 11.3 Å². The van der Waals surface area contributed by atoms with Gasteiger partial charge in [0, 0.05) is 26.2 Å². The lowest BCUT2D eigenvalue weighted by molar-refractivity contribution is 0.0737. The Hall–Kier alpha value is -3.45. The quantitative estimate of drug-likeness (QED) is 0.414. The second kappa shape index (κ2) is 8.83. The molecule has 0 unspecified atom stereocenters. The third kappa shape index (κ3) is 4.16. The molecule has 3 heterocycles. The van der Waals surface area contributed by atoms with E-state index in [2.05, 4.69) is 18.2 Å². The molecule has 0 spiro atoms. The van der Waals surface area contributed by atoms with E-state index in [9.17, 15) is 9.18 Å². The lowest BCUT2D eigenvalue weighted by Gasteiger charge is -2.36. The summed E-state index contributed by atoms with van der Waals surface area (Å²) < 4.78 is 16.0. The van der Waals surface area contributed by atoms with Crippen molar-refractivity contribution in [3.8, 4) is 16.3 Å². The molecular weight excluding hydrogens is 435 g/mol. The molecule has 1 fully saturated rings. The Morgan fingerprint density at radius 3 is 2.45 bits per heavy atom. The van der Waals surface area contributed by atoms with Crippen molar-refractivity contribution in [2.45, 2.75) is 13.8 Å². The minimum Gasteiger partial charge on any atom is -0.366 e. The first-order valence-corrected chi connectivity index (χ1v) is 11.9. The number of hydrogen-bond donors (Lipinski definition) is 0. The van der Waals surface area contributed by atoms with E-state index in [1.807, 2.05) is 53.3 Å². The first-order valence-electron chi connectivity index (χ1n) is 11.0. The van der Waals surface area contributed by atoms with Crippen molar-refractivity contribution in [2.75, 3.05) is 31.1 Å². The molecule has 0 radical (unpaired) electrons. The van der Waals surface area contributed by atoms with Crippen molar-refractivity contribution in [3.05, 3.63) is 88.7 Å². The maximum Gasteiger partial charge on any atom is 0.272 e. The standard InChI is InChI=1S/C26H25FN4OS/c1-18-9-10-19(2)23(16-18)31-24(17-21(28-31)25-8-5-15-33-25)26(32)30-13-11-29(12-14-30)22-7-4-3-6-20(22)27/h3-10,15-17H,11-14H2,1-2H3. The third-order valence-electron chi connectivity index (χ3n) is 6.05. The molecule has 7 heteroatoms. The number of carbonyl (C=O) groups excluding carboxylic acids is 1. The molecule has 5 rings (SSSR count). The largest absolute Gasteiger partial charge is 0.366 e. The molecule has 1 aliphatic heterocycles. The average Bonchev–Trinajstić information content (AvgIpc) is 3.51. The second-order valence-corrected chi connectivity index (χ2v) is 9.27. The molecule has 1 aliphatic rings. The summed E-state index contributed by atoms with van der Waals surface area (Å²) in [4.78, 5) is 18.5. The van der Waals surface area contributed by atoms with Gasteiger partial charge in [-0.25, -0.2) is 9.07 Å². The van der Waals surface area contributed by atoms with Gasteiger partial charge in [0.2, 0.25) is 0 Å². The van der Waals surface area contributed by atoms with Gasteiger partial charge in [0.05, 0.1) is 16.3 Å². The number of hydrogen-bond acceptors (Lipinski definition) is 4. The lowest BCUT2D eigenvalue weighted by atomic mass is 10.1. The van der Waals surface area contributed by atoms with Crippen molar-refractivity contribution < 1.29 is 9.18 Å². The van der Waals surface area contributed by atoms with Crippen LogP contribution < -0.4 is 4.90 Å². The number of amides is 1. The normalized spacial score (nSPS) is 14.0. The number of para-hydroxylation sites is 1. The minimum atomic E-state index is -0.231. The fraction of sp³-hybridized carbons (Fsp3) is 0.231. The number of nitrogens with zero attached hydrogens (tertiary/aromatic N) is 4. The van der Waals surface area contributed by atoms with Crippen molar-refractivity contribution in [2.24, 2.45) is 0 Å². The summed E-state index contributed by atoms with van der Waals surface area (Å²) >= 11 is 1.60. The monoisotopic (exact) mass is 460 g/mol. The smallest absolute Gasteiger partial charge is 0.272 e. The highest BCUT2D eigenvalue weighted by Crippen LogP contribution is 2.28. The number of thiophene rings is 1. The Bertz CT molecular complexity index is 1290. The Labute approximate surface area is 196 Å². The van der Waals surface area contributed by atoms with E-state index in [-0.39, 0.29) is 11.7 Å². The van der Waals surface area contributed by atoms with Gasteiger partial charge in [-0.05, 0) is 60.7 Å². The summed E-state index contributed by atoms with van der Waals surface area (Å²) in [6, 6.07) is 18.9. The molecule has 1 amide bonds. The fourth-order valence-electron chi connectivity index (χ4n) is 4.23. The Balaban J connectivity index is 1.45. The molecule has 0 aliphatic carbocycles. The SMILES string of the molecule is Cc1ccc(C)c(-n2nc(-c3cccs3)cc2C(=O)N2CCN(c3ccccc3F)CC2)c1. The van der Waals surface area contributed by atoms with Gasteiger partial charge in [0.25, 0.3) is 5.91 Å². The maximum absolute atomic E-state index is 14.2. The van der Waals surface area contributed by atoms with E-state index in [1.165, 1.54) is 6.07 Å². The predicted octanol–water partition coefficient (Wildman–Crippen LogP) is 5.32. The summed E-state index contributed by atoms with van der Waals surface area (Å²) in [5, 5.41) is 6.84. The average molecular weight is 461 g/mol. The fourth-order valence-corrected chi connectivity index (χ4v) is 4.91. The van der Waals surface area contributed by atoms with E-state index >= 15 is 0 Å². The highest BCUT2D eigenvalue weighted by atomic mass is 32.1. The summed E-state index contributed by atoms with van der Waals surface area (Å²) in [7, 11) is 0. The van der Waals surface area contributed by atoms with Crippen LogP contribution in [-0.4, -0.2) is 46.8 Å². The second-order valence-electron chi connectivity index (χ2n) is 8.32. The molecular formula is C26H25FN4OS. The molecule has 0 bridgehead atoms. The van der Waals surface area contributed by atoms with Gasteiger partial charge in [-0.3, -0.25) is 4.79 Å². The molecule has 4 aromatic rings. The van der Waals surface area contributed by atoms with Crippen LogP contribution >= 0.6 is 11.3 Å². The molecule has 2 aromatic heterocycles. The van der Waals surface area contributed by atoms with Gasteiger partial charge >= 0.3 is 0 Å². The van der Waals surface area contributed by atoms with Crippen LogP contribution in [0.1, 0.15) is 21.6 Å². The van der Waals surface area contributed by atoms with Gasteiger partial charge < -0.3 is 9.80 Å². The summed E-state index contributed by atoms with van der Waals surface area (Å²) in [6.07, 6.45) is 0. The van der Waals surface area contributed by atoms with E-state index in [0.717, 1.165) is 27.4 Å². The number of rotatable bonds is 4. The minimum absolute atomic E-state index is 0.0561. The number of benzene rings is 2. The number of anilines is 1. The highest BCUT2D eigenvalue weighted by Gasteiger charge is 2.27. The van der Waals surface area contributed by atoms with Crippen molar-refractivity contribution in [1.29, 1.82) is 0 Å². The van der Waals surface area contributed by atoms with Crippen LogP contribution in [0.3, 0.4) is 0 Å². The Kier molecular flexibility index (Phi) is 5.72. The van der Waals surface area contributed by atoms with Gasteiger partial charge in [-0.2, -0.15) is 5.10 Å². The van der Waals surface area contributed by atoms with Gasteiger partial charge in [-0.1, -0.05) is 30.3 Å². The van der Waals surface area contributed by atoms with Crippen molar-refractivity contribution >= 4 is 22.9 Å². The topological polar surface area (TPSA) is 41.4 Å². The maximum atomic E-state index is 14.2. The van der Waals surface area contributed by atoms with E-state index < -0.39 is 0 Å². The number of aryl methyl sites for hydroxylation is 2. The summed E-state index contributed by atoms with van der Waals surface area (Å²) in [5.74, 6) is -0.287. The van der Waals surface area contributed by atoms with E-state index in [1.54, 1.807) is 28.2 Å². The molecule has 1 saturated heterocycles. The van der Waals surface area contributed by atoms with Crippen LogP contribution in [0.4, 0.5) is 10.1 Å². The molecule has 5 nitrogen and oxygen atoms in total. The summed E-state index contributed by atoms with van der Waals surface area (Å²) in [6.45, 7) is 6.29. The first-order chi connectivity index (χ1) is 16.0. The number of halogens is 1. The zero-order valence-electron chi connectivity index (χ0n) is 18.7.